The van der Waals surface area contributed by atoms with Crippen LogP contribution in [0.25, 0.3) is 0 Å². The Balaban J connectivity index is 1.20. The van der Waals surface area contributed by atoms with Gasteiger partial charge in [-0.2, -0.15) is 0 Å². The second-order valence-corrected chi connectivity index (χ2v) is 18.2. The number of nitrogens with zero attached hydrogens (tertiary/aromatic N) is 1. The van der Waals surface area contributed by atoms with E-state index in [2.05, 4.69) is 46.4 Å². The van der Waals surface area contributed by atoms with Crippen molar-refractivity contribution in [2.24, 2.45) is 62.4 Å². The molecule has 6 rings (SSSR count). The van der Waals surface area contributed by atoms with Crippen LogP contribution in [0.4, 0.5) is 0 Å². The molecule has 5 aliphatic carbocycles. The zero-order chi connectivity index (χ0) is 32.4. The molecule has 0 bridgehead atoms. The molecule has 6 nitrogen and oxygen atoms in total. The lowest BCUT2D eigenvalue weighted by Gasteiger charge is -2.73. The summed E-state index contributed by atoms with van der Waals surface area (Å²) in [6.45, 7) is 25.1. The largest absolute Gasteiger partial charge is 0.462 e. The predicted octanol–water partition coefficient (Wildman–Crippen LogP) is 7.54. The molecule has 1 aliphatic heterocycles. The average Bonchev–Trinajstić information content (AvgIpc) is 3.33. The van der Waals surface area contributed by atoms with Crippen molar-refractivity contribution in [1.29, 1.82) is 0 Å². The van der Waals surface area contributed by atoms with E-state index in [0.29, 0.717) is 40.4 Å². The van der Waals surface area contributed by atoms with Crippen LogP contribution in [-0.4, -0.2) is 55.7 Å². The molecule has 1 heterocycles. The van der Waals surface area contributed by atoms with E-state index in [-0.39, 0.29) is 41.7 Å². The summed E-state index contributed by atoms with van der Waals surface area (Å²) in [5.41, 5.74) is 8.12. The number of carbonyl (C=O) groups is 2. The van der Waals surface area contributed by atoms with E-state index in [1.807, 2.05) is 0 Å². The molecule has 2 N–H and O–H groups in total. The third kappa shape index (κ3) is 5.44. The number of carbonyl (C=O) groups excluding carboxylic acids is 2. The fraction of sp³-hybridized carbons (Fsp3) is 0.897. The minimum atomic E-state index is -0.353. The Bertz CT molecular complexity index is 1160. The van der Waals surface area contributed by atoms with E-state index in [1.165, 1.54) is 56.9 Å². The van der Waals surface area contributed by atoms with Gasteiger partial charge in [0.05, 0.1) is 13.2 Å². The summed E-state index contributed by atoms with van der Waals surface area (Å²) in [6, 6.07) is 0. The van der Waals surface area contributed by atoms with Crippen LogP contribution in [0.5, 0.6) is 0 Å². The van der Waals surface area contributed by atoms with Crippen molar-refractivity contribution < 1.29 is 19.1 Å². The maximum Gasteiger partial charge on any atom is 0.306 e. The number of nitrogens with two attached hydrogens (primary N) is 1. The van der Waals surface area contributed by atoms with Crippen LogP contribution in [0, 0.1) is 56.7 Å². The molecule has 1 amide bonds. The molecule has 5 saturated carbocycles. The van der Waals surface area contributed by atoms with Gasteiger partial charge in [-0.1, -0.05) is 53.7 Å². The highest BCUT2D eigenvalue weighted by molar-refractivity contribution is 5.75. The average molecular weight is 625 g/mol. The van der Waals surface area contributed by atoms with Crippen LogP contribution < -0.4 is 5.73 Å². The van der Waals surface area contributed by atoms with Crippen molar-refractivity contribution >= 4 is 11.9 Å². The smallest absolute Gasteiger partial charge is 0.306 e. The van der Waals surface area contributed by atoms with E-state index in [0.717, 1.165) is 57.5 Å². The quantitative estimate of drug-likeness (QED) is 0.223. The molecule has 1 saturated heterocycles. The maximum atomic E-state index is 12.8. The van der Waals surface area contributed by atoms with Gasteiger partial charge >= 0.3 is 5.97 Å². The van der Waals surface area contributed by atoms with Gasteiger partial charge in [0.15, 0.2) is 0 Å². The molecule has 0 spiro atoms. The number of rotatable bonds is 8. The van der Waals surface area contributed by atoms with Gasteiger partial charge in [-0.05, 0) is 122 Å². The Morgan fingerprint density at radius 3 is 2.29 bits per heavy atom. The SMILES string of the molecule is C=C(CN1CCOCC1)[C@@H]1CC[C@]2(C)CC[C@]3(C)[C@H](CC[C@@H]4[C@@]5(C)CC[C@H](OC(=O)CCCC(N)=O)C(C)(C)[C@@H]5CC[C@]43C)[C@@H]12. The molecule has 0 radical (unpaired) electrons. The monoisotopic (exact) mass is 624 g/mol. The summed E-state index contributed by atoms with van der Waals surface area (Å²) in [5, 5.41) is 0. The summed E-state index contributed by atoms with van der Waals surface area (Å²) < 4.78 is 11.8. The third-order valence-electron chi connectivity index (χ3n) is 15.9. The molecule has 0 aromatic carbocycles. The van der Waals surface area contributed by atoms with Crippen LogP contribution in [0.2, 0.25) is 0 Å². The Hall–Kier alpha value is -1.40. The number of morpholine rings is 1. The summed E-state index contributed by atoms with van der Waals surface area (Å²) in [4.78, 5) is 26.6. The summed E-state index contributed by atoms with van der Waals surface area (Å²) >= 11 is 0. The molecule has 10 atom stereocenters. The van der Waals surface area contributed by atoms with Gasteiger partial charge in [0.1, 0.15) is 6.10 Å². The van der Waals surface area contributed by atoms with Gasteiger partial charge in [-0.15, -0.1) is 0 Å². The molecular weight excluding hydrogens is 560 g/mol. The molecule has 0 aromatic heterocycles. The summed E-state index contributed by atoms with van der Waals surface area (Å²) in [5.74, 6) is 2.92. The van der Waals surface area contributed by atoms with E-state index < -0.39 is 0 Å². The van der Waals surface area contributed by atoms with E-state index in [4.69, 9.17) is 21.8 Å². The molecule has 45 heavy (non-hydrogen) atoms. The molecule has 6 aliphatic rings. The second kappa shape index (κ2) is 11.9. The van der Waals surface area contributed by atoms with Crippen LogP contribution in [0.1, 0.15) is 125 Å². The molecule has 0 aromatic rings. The lowest BCUT2D eigenvalue weighted by atomic mass is 9.32. The Morgan fingerprint density at radius 1 is 0.844 bits per heavy atom. The van der Waals surface area contributed by atoms with Gasteiger partial charge in [-0.25, -0.2) is 0 Å². The fourth-order valence-electron chi connectivity index (χ4n) is 13.4. The van der Waals surface area contributed by atoms with Crippen LogP contribution in [0.3, 0.4) is 0 Å². The van der Waals surface area contributed by atoms with Gasteiger partial charge < -0.3 is 15.2 Å². The first-order valence-corrected chi connectivity index (χ1v) is 18.6. The maximum absolute atomic E-state index is 12.8. The zero-order valence-corrected chi connectivity index (χ0v) is 29.6. The minimum Gasteiger partial charge on any atom is -0.462 e. The Kier molecular flexibility index (Phi) is 8.88. The number of esters is 1. The lowest BCUT2D eigenvalue weighted by Crippen LogP contribution is -2.66. The van der Waals surface area contributed by atoms with Gasteiger partial charge in [0, 0.05) is 37.9 Å². The number of hydrogen-bond donors (Lipinski definition) is 1. The third-order valence-corrected chi connectivity index (χ3v) is 15.9. The highest BCUT2D eigenvalue weighted by Gasteiger charge is 2.70. The Labute approximate surface area is 274 Å². The fourth-order valence-corrected chi connectivity index (χ4v) is 13.4. The van der Waals surface area contributed by atoms with Crippen molar-refractivity contribution in [3.63, 3.8) is 0 Å². The van der Waals surface area contributed by atoms with Gasteiger partial charge in [0.25, 0.3) is 0 Å². The van der Waals surface area contributed by atoms with Crippen molar-refractivity contribution in [2.45, 2.75) is 131 Å². The second-order valence-electron chi connectivity index (χ2n) is 18.2. The number of primary amides is 1. The highest BCUT2D eigenvalue weighted by atomic mass is 16.5. The number of amides is 1. The van der Waals surface area contributed by atoms with Crippen LogP contribution in [0.15, 0.2) is 12.2 Å². The van der Waals surface area contributed by atoms with E-state index in [1.54, 1.807) is 0 Å². The first-order chi connectivity index (χ1) is 21.2. The topological polar surface area (TPSA) is 81.9 Å². The van der Waals surface area contributed by atoms with E-state index in [9.17, 15) is 9.59 Å². The number of ether oxygens (including phenoxy) is 2. The summed E-state index contributed by atoms with van der Waals surface area (Å²) in [7, 11) is 0. The molecule has 0 unspecified atom stereocenters. The first kappa shape index (κ1) is 33.5. The minimum absolute atomic E-state index is 0.0555. The van der Waals surface area contributed by atoms with Crippen molar-refractivity contribution in [3.05, 3.63) is 12.2 Å². The normalized spacial score (nSPS) is 45.8. The Morgan fingerprint density at radius 2 is 1.58 bits per heavy atom. The molecular formula is C39H64N2O4. The first-order valence-electron chi connectivity index (χ1n) is 18.6. The number of hydrogen-bond acceptors (Lipinski definition) is 5. The summed E-state index contributed by atoms with van der Waals surface area (Å²) in [6.07, 6.45) is 13.7. The standard InChI is InChI=1S/C39H64N2O4/c1-26(25-41-21-23-44-24-22-41)27-13-16-36(4)19-20-38(6)28(34(27)36)11-12-30-37(5)17-15-31(45-33(43)10-8-9-32(40)42)35(2,3)29(37)14-18-39(30,38)7/h27-31,34H,1,8-25H2,2-7H3,(H2,40,42)/t27-,28+,29-,30+,31-,34+,36+,37-,38+,39+/m0/s1. The molecule has 6 heteroatoms. The molecule has 6 fully saturated rings. The van der Waals surface area contributed by atoms with Gasteiger partial charge in [0.2, 0.25) is 5.91 Å². The highest BCUT2D eigenvalue weighted by Crippen LogP contribution is 2.77. The van der Waals surface area contributed by atoms with Crippen LogP contribution >= 0.6 is 0 Å². The van der Waals surface area contributed by atoms with Gasteiger partial charge in [-0.3, -0.25) is 14.5 Å². The van der Waals surface area contributed by atoms with Crippen molar-refractivity contribution in [1.82, 2.24) is 4.90 Å². The van der Waals surface area contributed by atoms with Crippen molar-refractivity contribution in [3.8, 4) is 0 Å². The lowest BCUT2D eigenvalue weighted by molar-refractivity contribution is -0.249. The zero-order valence-electron chi connectivity index (χ0n) is 29.6. The van der Waals surface area contributed by atoms with Crippen molar-refractivity contribution in [2.75, 3.05) is 32.8 Å². The van der Waals surface area contributed by atoms with E-state index >= 15 is 0 Å². The number of fused-ring (bicyclic) bond motifs is 7. The predicted molar refractivity (Wildman–Crippen MR) is 179 cm³/mol. The van der Waals surface area contributed by atoms with Crippen LogP contribution in [-0.2, 0) is 19.1 Å². The molecule has 254 valence electrons.